The van der Waals surface area contributed by atoms with Crippen LogP contribution in [0.5, 0.6) is 0 Å². The highest BCUT2D eigenvalue weighted by Gasteiger charge is 2.37. The minimum atomic E-state index is -0.149. The van der Waals surface area contributed by atoms with E-state index in [0.717, 1.165) is 22.6 Å². The van der Waals surface area contributed by atoms with Gasteiger partial charge in [0.05, 0.1) is 0 Å². The molecular weight excluding hydrogens is 599 g/mol. The minimum Gasteiger partial charge on any atom is -0.311 e. The lowest BCUT2D eigenvalue weighted by molar-refractivity contribution is 0.661. The highest BCUT2D eigenvalue weighted by molar-refractivity contribution is 7.26. The normalized spacial score (nSPS) is 13.6. The Morgan fingerprint density at radius 1 is 0.646 bits per heavy atom. The number of hydrogen-bond donors (Lipinski definition) is 0. The van der Waals surface area contributed by atoms with Gasteiger partial charge in [0, 0.05) is 42.7 Å². The van der Waals surface area contributed by atoms with Gasteiger partial charge in [-0.3, -0.25) is 0 Å². The van der Waals surface area contributed by atoms with E-state index in [1.54, 1.807) is 0 Å². The lowest BCUT2D eigenvalue weighted by atomic mass is 9.82. The molecule has 0 spiro atoms. The predicted molar refractivity (Wildman–Crippen MR) is 209 cm³/mol. The van der Waals surface area contributed by atoms with Crippen LogP contribution in [0.4, 0.5) is 11.4 Å². The van der Waals surface area contributed by atoms with Crippen molar-refractivity contribution in [3.63, 3.8) is 0 Å². The Hall–Kier alpha value is -5.44. The third kappa shape index (κ3) is 5.01. The number of allylic oxidation sites excluding steroid dienone is 4. The molecule has 0 saturated carbocycles. The fourth-order valence-electron chi connectivity index (χ4n) is 7.33. The zero-order valence-corrected chi connectivity index (χ0v) is 28.4. The molecule has 0 radical (unpaired) electrons. The van der Waals surface area contributed by atoms with Gasteiger partial charge in [0.1, 0.15) is 0 Å². The van der Waals surface area contributed by atoms with Crippen LogP contribution in [-0.4, -0.2) is 0 Å². The van der Waals surface area contributed by atoms with Crippen molar-refractivity contribution in [2.45, 2.75) is 26.2 Å². The van der Waals surface area contributed by atoms with Gasteiger partial charge in [-0.25, -0.2) is 0 Å². The van der Waals surface area contributed by atoms with Gasteiger partial charge < -0.3 is 4.90 Å². The van der Waals surface area contributed by atoms with Crippen LogP contribution in [0.2, 0.25) is 0 Å². The van der Waals surface area contributed by atoms with E-state index in [-0.39, 0.29) is 5.41 Å². The first-order valence-electron chi connectivity index (χ1n) is 16.6. The zero-order chi connectivity index (χ0) is 32.8. The molecule has 0 N–H and O–H groups in total. The molecule has 0 aliphatic heterocycles. The summed E-state index contributed by atoms with van der Waals surface area (Å²) in [4.78, 5) is 2.29. The largest absolute Gasteiger partial charge is 0.311 e. The molecule has 232 valence electrons. The Labute approximate surface area is 287 Å². The van der Waals surface area contributed by atoms with Crippen molar-refractivity contribution in [1.29, 1.82) is 0 Å². The summed E-state index contributed by atoms with van der Waals surface area (Å²) in [5.41, 5.74) is 13.1. The summed E-state index contributed by atoms with van der Waals surface area (Å²) in [6, 6.07) is 50.4. The fourth-order valence-corrected chi connectivity index (χ4v) is 8.45. The quantitative estimate of drug-likeness (QED) is 0.158. The molecule has 8 rings (SSSR count). The number of hydrogen-bond acceptors (Lipinski definition) is 2. The molecule has 48 heavy (non-hydrogen) atoms. The molecule has 1 nitrogen and oxygen atoms in total. The minimum absolute atomic E-state index is 0.149. The molecule has 2 heteroatoms. The molecule has 0 bridgehead atoms. The van der Waals surface area contributed by atoms with Gasteiger partial charge in [-0.1, -0.05) is 136 Å². The maximum atomic E-state index is 4.64. The Kier molecular flexibility index (Phi) is 7.47. The molecule has 0 unspecified atom stereocenters. The van der Waals surface area contributed by atoms with Crippen LogP contribution in [0.3, 0.4) is 0 Å². The summed E-state index contributed by atoms with van der Waals surface area (Å²) in [5.74, 6) is 0. The number of anilines is 2. The Morgan fingerprint density at radius 2 is 1.31 bits per heavy atom. The topological polar surface area (TPSA) is 3.24 Å². The first kappa shape index (κ1) is 29.9. The van der Waals surface area contributed by atoms with Crippen molar-refractivity contribution in [2.75, 3.05) is 4.90 Å². The third-order valence-electron chi connectivity index (χ3n) is 9.81. The van der Waals surface area contributed by atoms with Crippen molar-refractivity contribution in [3.05, 3.63) is 187 Å². The molecule has 0 amide bonds. The van der Waals surface area contributed by atoms with Crippen molar-refractivity contribution < 1.29 is 0 Å². The van der Waals surface area contributed by atoms with Crippen molar-refractivity contribution >= 4 is 48.5 Å². The maximum absolute atomic E-state index is 4.64. The second kappa shape index (κ2) is 12.0. The molecule has 1 aromatic heterocycles. The highest BCUT2D eigenvalue weighted by atomic mass is 32.1. The molecule has 0 fully saturated rings. The van der Waals surface area contributed by atoms with Gasteiger partial charge in [0.25, 0.3) is 0 Å². The van der Waals surface area contributed by atoms with E-state index >= 15 is 0 Å². The van der Waals surface area contributed by atoms with Crippen LogP contribution in [0.1, 0.15) is 37.5 Å². The first-order chi connectivity index (χ1) is 23.4. The molecule has 0 atom stereocenters. The number of thiophene rings is 1. The van der Waals surface area contributed by atoms with Crippen LogP contribution in [-0.2, 0) is 5.41 Å². The van der Waals surface area contributed by atoms with Crippen LogP contribution in [0, 0.1) is 0 Å². The summed E-state index contributed by atoms with van der Waals surface area (Å²) < 4.78 is 2.69. The monoisotopic (exact) mass is 635 g/mol. The lowest BCUT2D eigenvalue weighted by Gasteiger charge is -2.28. The second-order valence-electron chi connectivity index (χ2n) is 13.0. The van der Waals surface area contributed by atoms with E-state index < -0.39 is 0 Å². The van der Waals surface area contributed by atoms with Crippen LogP contribution < -0.4 is 4.90 Å². The highest BCUT2D eigenvalue weighted by Crippen LogP contribution is 2.54. The zero-order valence-electron chi connectivity index (χ0n) is 27.6. The Balaban J connectivity index is 1.25. The van der Waals surface area contributed by atoms with E-state index in [9.17, 15) is 0 Å². The molecule has 0 saturated heterocycles. The van der Waals surface area contributed by atoms with Crippen LogP contribution >= 0.6 is 11.3 Å². The second-order valence-corrected chi connectivity index (χ2v) is 14.1. The van der Waals surface area contributed by atoms with E-state index in [0.29, 0.717) is 0 Å². The average Bonchev–Trinajstić information content (AvgIpc) is 3.62. The summed E-state index contributed by atoms with van der Waals surface area (Å²) >= 11 is 1.89. The number of fused-ring (bicyclic) bond motifs is 7. The van der Waals surface area contributed by atoms with Crippen molar-refractivity contribution in [2.24, 2.45) is 0 Å². The van der Waals surface area contributed by atoms with Gasteiger partial charge in [0.2, 0.25) is 0 Å². The Bertz CT molecular complexity index is 2370. The average molecular weight is 636 g/mol. The lowest BCUT2D eigenvalue weighted by Crippen LogP contribution is -2.18. The first-order valence-corrected chi connectivity index (χ1v) is 17.4. The van der Waals surface area contributed by atoms with Gasteiger partial charge in [-0.15, -0.1) is 11.3 Å². The number of rotatable bonds is 7. The third-order valence-corrected chi connectivity index (χ3v) is 11.0. The maximum Gasteiger partial charge on any atom is 0.0464 e. The summed E-state index contributed by atoms with van der Waals surface area (Å²) in [7, 11) is 0. The molecule has 7 aromatic rings. The molecule has 1 heterocycles. The van der Waals surface area contributed by atoms with E-state index in [4.69, 9.17) is 0 Å². The molecule has 1 aliphatic carbocycles. The van der Waals surface area contributed by atoms with Crippen molar-refractivity contribution in [3.8, 4) is 22.3 Å². The van der Waals surface area contributed by atoms with E-state index in [2.05, 4.69) is 190 Å². The van der Waals surface area contributed by atoms with E-state index in [1.807, 2.05) is 11.3 Å². The smallest absolute Gasteiger partial charge is 0.0464 e. The summed E-state index contributed by atoms with van der Waals surface area (Å²) in [6.07, 6.45) is 6.47. The predicted octanol–water partition coefficient (Wildman–Crippen LogP) is 13.3. The van der Waals surface area contributed by atoms with Gasteiger partial charge in [-0.05, 0) is 93.9 Å². The van der Waals surface area contributed by atoms with E-state index in [1.165, 1.54) is 59.1 Å². The van der Waals surface area contributed by atoms with Crippen LogP contribution in [0.15, 0.2) is 170 Å². The van der Waals surface area contributed by atoms with Crippen molar-refractivity contribution in [1.82, 2.24) is 0 Å². The van der Waals surface area contributed by atoms with Gasteiger partial charge in [0.15, 0.2) is 0 Å². The van der Waals surface area contributed by atoms with Gasteiger partial charge >= 0.3 is 0 Å². The van der Waals surface area contributed by atoms with Crippen LogP contribution in [0.25, 0.3) is 48.0 Å². The number of benzene rings is 6. The standard InChI is InChI=1S/C46H37NS/c1-5-32(33-14-8-6-9-15-33)21-20-31(2)47(36-24-22-35(23-25-36)34-16-10-7-11-17-34)37-26-27-38-41(30-37)46(3,4)40-28-29-43-45(44(38)40)39-18-12-13-19-42(39)48-43/h5-30H,2H2,1,3-4H3/b21-20-,32-5+. The molecule has 6 aromatic carbocycles. The Morgan fingerprint density at radius 3 is 2.06 bits per heavy atom. The summed E-state index contributed by atoms with van der Waals surface area (Å²) in [5, 5.41) is 2.73. The summed E-state index contributed by atoms with van der Waals surface area (Å²) in [6.45, 7) is 11.5. The fraction of sp³-hybridized carbons (Fsp3) is 0.0870. The molecular formula is C46H37NS. The van der Waals surface area contributed by atoms with Gasteiger partial charge in [-0.2, -0.15) is 0 Å². The SMILES string of the molecule is C=C(/C=C\C(=C/C)c1ccccc1)N(c1ccc(-c2ccccc2)cc1)c1ccc2c(c1)C(C)(C)c1ccc3sc4ccccc4c3c1-2. The number of nitrogens with zero attached hydrogens (tertiary/aromatic N) is 1. The molecule has 1 aliphatic rings.